The van der Waals surface area contributed by atoms with Crippen molar-refractivity contribution in [3.05, 3.63) is 95.0 Å². The van der Waals surface area contributed by atoms with Crippen molar-refractivity contribution in [1.29, 1.82) is 0 Å². The van der Waals surface area contributed by atoms with Crippen molar-refractivity contribution in [3.8, 4) is 22.6 Å². The molecule has 0 N–H and O–H groups in total. The van der Waals surface area contributed by atoms with Gasteiger partial charge in [-0.1, -0.05) is 23.2 Å². The van der Waals surface area contributed by atoms with Crippen molar-refractivity contribution in [3.63, 3.8) is 0 Å². The molecule has 0 fully saturated rings. The molecule has 144 valence electrons. The van der Waals surface area contributed by atoms with E-state index in [0.29, 0.717) is 10.0 Å². The molecule has 6 rings (SSSR count). The highest BCUT2D eigenvalue weighted by Crippen LogP contribution is 2.35. The molecule has 0 saturated heterocycles. The Kier molecular flexibility index (Phi) is 3.92. The monoisotopic (exact) mass is 428 g/mol. The lowest BCUT2D eigenvalue weighted by Crippen LogP contribution is -1.73. The van der Waals surface area contributed by atoms with Gasteiger partial charge in [-0.15, -0.1) is 0 Å². The molecule has 0 saturated carbocycles. The summed E-state index contributed by atoms with van der Waals surface area (Å²) in [5.41, 5.74) is 3.69. The second-order valence-electron chi connectivity index (χ2n) is 7.36. The fourth-order valence-corrected chi connectivity index (χ4v) is 4.09. The summed E-state index contributed by atoms with van der Waals surface area (Å²) in [6, 6.07) is 27.9. The molecule has 4 aromatic carbocycles. The van der Waals surface area contributed by atoms with Gasteiger partial charge in [-0.25, -0.2) is 0 Å². The largest absolute Gasteiger partial charge is 0.456 e. The third-order valence-corrected chi connectivity index (χ3v) is 5.87. The van der Waals surface area contributed by atoms with Gasteiger partial charge in [0.1, 0.15) is 22.7 Å². The molecule has 0 aliphatic carbocycles. The van der Waals surface area contributed by atoms with Gasteiger partial charge in [0.15, 0.2) is 0 Å². The summed E-state index contributed by atoms with van der Waals surface area (Å²) < 4.78 is 12.2. The highest BCUT2D eigenvalue weighted by molar-refractivity contribution is 6.30. The molecule has 4 heteroatoms. The van der Waals surface area contributed by atoms with Gasteiger partial charge < -0.3 is 8.83 Å². The van der Waals surface area contributed by atoms with E-state index in [0.717, 1.165) is 55.4 Å². The average molecular weight is 429 g/mol. The molecular formula is C26H14Cl2O2. The van der Waals surface area contributed by atoms with E-state index in [4.69, 9.17) is 32.0 Å². The Morgan fingerprint density at radius 3 is 1.27 bits per heavy atom. The van der Waals surface area contributed by atoms with Crippen molar-refractivity contribution in [1.82, 2.24) is 0 Å². The molecule has 0 spiro atoms. The minimum absolute atomic E-state index is 0.709. The Bertz CT molecular complexity index is 1350. The van der Waals surface area contributed by atoms with E-state index in [1.165, 1.54) is 0 Å². The Balaban J connectivity index is 1.47. The third-order valence-electron chi connectivity index (χ3n) is 5.37. The molecule has 2 aromatic heterocycles. The zero-order valence-electron chi connectivity index (χ0n) is 15.7. The second kappa shape index (κ2) is 6.66. The molecule has 0 aliphatic heterocycles. The molecule has 0 unspecified atom stereocenters. The van der Waals surface area contributed by atoms with Gasteiger partial charge in [-0.05, 0) is 95.7 Å². The van der Waals surface area contributed by atoms with Gasteiger partial charge in [0.25, 0.3) is 0 Å². The van der Waals surface area contributed by atoms with Crippen LogP contribution in [0.15, 0.2) is 93.8 Å². The van der Waals surface area contributed by atoms with E-state index in [9.17, 15) is 0 Å². The fraction of sp³-hybridized carbons (Fsp3) is 0. The van der Waals surface area contributed by atoms with Crippen molar-refractivity contribution in [2.75, 3.05) is 0 Å². The first-order valence-electron chi connectivity index (χ1n) is 9.55. The van der Waals surface area contributed by atoms with Crippen LogP contribution in [0, 0.1) is 0 Å². The molecule has 0 amide bonds. The van der Waals surface area contributed by atoms with Crippen LogP contribution in [0.5, 0.6) is 0 Å². The van der Waals surface area contributed by atoms with Gasteiger partial charge in [-0.2, -0.15) is 0 Å². The molecular weight excluding hydrogens is 415 g/mol. The van der Waals surface area contributed by atoms with E-state index in [1.807, 2.05) is 48.5 Å². The van der Waals surface area contributed by atoms with Gasteiger partial charge in [0.2, 0.25) is 0 Å². The Hall–Kier alpha value is -3.20. The Morgan fingerprint density at radius 1 is 0.433 bits per heavy atom. The zero-order valence-corrected chi connectivity index (χ0v) is 17.2. The quantitative estimate of drug-likeness (QED) is 0.275. The molecule has 2 heterocycles. The smallest absolute Gasteiger partial charge is 0.135 e. The van der Waals surface area contributed by atoms with Gasteiger partial charge in [-0.3, -0.25) is 0 Å². The van der Waals surface area contributed by atoms with Crippen LogP contribution in [0.25, 0.3) is 55.4 Å². The molecule has 6 aromatic rings. The van der Waals surface area contributed by atoms with Crippen molar-refractivity contribution < 1.29 is 8.83 Å². The number of hydrogen-bond acceptors (Lipinski definition) is 2. The summed E-state index contributed by atoms with van der Waals surface area (Å²) >= 11 is 12.0. The maximum absolute atomic E-state index is 6.11. The zero-order chi connectivity index (χ0) is 20.2. The van der Waals surface area contributed by atoms with Crippen LogP contribution in [0.2, 0.25) is 10.0 Å². The maximum atomic E-state index is 6.11. The summed E-state index contributed by atoms with van der Waals surface area (Å²) in [7, 11) is 0. The lowest BCUT2D eigenvalue weighted by Gasteiger charge is -1.98. The number of hydrogen-bond donors (Lipinski definition) is 0. The van der Waals surface area contributed by atoms with E-state index in [-0.39, 0.29) is 0 Å². The predicted molar refractivity (Wildman–Crippen MR) is 124 cm³/mol. The van der Waals surface area contributed by atoms with Crippen LogP contribution in [0.1, 0.15) is 0 Å². The summed E-state index contributed by atoms with van der Waals surface area (Å²) in [6.45, 7) is 0. The number of benzene rings is 4. The summed E-state index contributed by atoms with van der Waals surface area (Å²) in [5, 5.41) is 5.76. The standard InChI is InChI=1S/C26H14Cl2O2/c27-21-5-1-15(2-6-21)23-13-19-9-17-10-20-14-24(16-3-7-22(28)8-4-16)30-26(20)12-18(17)11-25(19)29-23/h1-14H. The highest BCUT2D eigenvalue weighted by Gasteiger charge is 2.11. The van der Waals surface area contributed by atoms with Crippen LogP contribution in [-0.2, 0) is 0 Å². The molecule has 0 radical (unpaired) electrons. The second-order valence-corrected chi connectivity index (χ2v) is 8.24. The first-order chi connectivity index (χ1) is 14.6. The van der Waals surface area contributed by atoms with Crippen LogP contribution in [0.4, 0.5) is 0 Å². The molecule has 0 bridgehead atoms. The van der Waals surface area contributed by atoms with Crippen LogP contribution < -0.4 is 0 Å². The lowest BCUT2D eigenvalue weighted by molar-refractivity contribution is 0.631. The summed E-state index contributed by atoms with van der Waals surface area (Å²) in [6.07, 6.45) is 0. The molecule has 0 aliphatic rings. The number of fused-ring (bicyclic) bond motifs is 3. The van der Waals surface area contributed by atoms with Crippen LogP contribution in [0.3, 0.4) is 0 Å². The van der Waals surface area contributed by atoms with E-state index >= 15 is 0 Å². The van der Waals surface area contributed by atoms with Crippen LogP contribution >= 0.6 is 23.2 Å². The molecule has 0 atom stereocenters. The lowest BCUT2D eigenvalue weighted by atomic mass is 10.1. The minimum atomic E-state index is 0.709. The van der Waals surface area contributed by atoms with E-state index < -0.39 is 0 Å². The SMILES string of the molecule is Clc1ccc(-c2cc3cc4cc5cc(-c6ccc(Cl)cc6)oc5cc4cc3o2)cc1. The minimum Gasteiger partial charge on any atom is -0.456 e. The average Bonchev–Trinajstić information content (AvgIpc) is 3.34. The Morgan fingerprint density at radius 2 is 0.833 bits per heavy atom. The van der Waals surface area contributed by atoms with Crippen molar-refractivity contribution in [2.45, 2.75) is 0 Å². The number of halogens is 2. The number of furan rings is 2. The van der Waals surface area contributed by atoms with Crippen molar-refractivity contribution >= 4 is 55.9 Å². The third kappa shape index (κ3) is 2.97. The van der Waals surface area contributed by atoms with E-state index in [2.05, 4.69) is 36.4 Å². The van der Waals surface area contributed by atoms with Crippen LogP contribution in [-0.4, -0.2) is 0 Å². The van der Waals surface area contributed by atoms with Gasteiger partial charge in [0.05, 0.1) is 0 Å². The number of rotatable bonds is 2. The van der Waals surface area contributed by atoms with Crippen molar-refractivity contribution in [2.24, 2.45) is 0 Å². The maximum Gasteiger partial charge on any atom is 0.135 e. The van der Waals surface area contributed by atoms with E-state index in [1.54, 1.807) is 0 Å². The van der Waals surface area contributed by atoms with Gasteiger partial charge in [0, 0.05) is 31.9 Å². The first kappa shape index (κ1) is 17.6. The summed E-state index contributed by atoms with van der Waals surface area (Å²) in [5.74, 6) is 1.65. The molecule has 2 nitrogen and oxygen atoms in total. The first-order valence-corrected chi connectivity index (χ1v) is 10.3. The topological polar surface area (TPSA) is 26.3 Å². The Labute approximate surface area is 182 Å². The normalized spacial score (nSPS) is 11.7. The fourth-order valence-electron chi connectivity index (χ4n) is 3.84. The highest BCUT2D eigenvalue weighted by atomic mass is 35.5. The predicted octanol–water partition coefficient (Wildman–Crippen LogP) is 8.97. The summed E-state index contributed by atoms with van der Waals surface area (Å²) in [4.78, 5) is 0. The van der Waals surface area contributed by atoms with Gasteiger partial charge >= 0.3 is 0 Å². The molecule has 30 heavy (non-hydrogen) atoms.